The number of ether oxygens (including phenoxy) is 1. The molecular formula is C16H13F3N6O. The Morgan fingerprint density at radius 2 is 2.12 bits per heavy atom. The van der Waals surface area contributed by atoms with Gasteiger partial charge in [-0.25, -0.2) is 28.7 Å². The lowest BCUT2D eigenvalue weighted by molar-refractivity contribution is 0.0138. The highest BCUT2D eigenvalue weighted by atomic mass is 19.3. The molecule has 2 N–H and O–H groups in total. The van der Waals surface area contributed by atoms with Crippen LogP contribution in [0.2, 0.25) is 0 Å². The van der Waals surface area contributed by atoms with Crippen LogP contribution >= 0.6 is 0 Å². The molecule has 10 heteroatoms. The molecule has 0 saturated heterocycles. The highest BCUT2D eigenvalue weighted by molar-refractivity contribution is 5.49. The number of nitriles is 1. The maximum atomic E-state index is 13.5. The highest BCUT2D eigenvalue weighted by Crippen LogP contribution is 2.31. The number of rotatable bonds is 7. The third-order valence-electron chi connectivity index (χ3n) is 3.09. The zero-order valence-electron chi connectivity index (χ0n) is 13.5. The fourth-order valence-electron chi connectivity index (χ4n) is 1.81. The van der Waals surface area contributed by atoms with E-state index in [0.29, 0.717) is 6.92 Å². The molecule has 0 spiro atoms. The number of hydrogen-bond donors (Lipinski definition) is 2. The van der Waals surface area contributed by atoms with Crippen molar-refractivity contribution in [2.45, 2.75) is 12.8 Å². The predicted octanol–water partition coefficient (Wildman–Crippen LogP) is 3.96. The fourth-order valence-corrected chi connectivity index (χ4v) is 1.81. The van der Waals surface area contributed by atoms with Gasteiger partial charge in [0, 0.05) is 18.8 Å². The van der Waals surface area contributed by atoms with E-state index < -0.39 is 17.3 Å². The first kappa shape index (κ1) is 18.9. The van der Waals surface area contributed by atoms with E-state index in [1.54, 1.807) is 0 Å². The number of anilines is 1. The summed E-state index contributed by atoms with van der Waals surface area (Å²) in [7, 11) is 0. The summed E-state index contributed by atoms with van der Waals surface area (Å²) in [6, 6.07) is 5.00. The molecule has 0 aliphatic heterocycles. The summed E-state index contributed by atoms with van der Waals surface area (Å²) < 4.78 is 45.4. The molecule has 0 radical (unpaired) electrons. The molecule has 1 aromatic carbocycles. The van der Waals surface area contributed by atoms with Crippen LogP contribution in [0, 0.1) is 22.7 Å². The molecule has 2 rings (SSSR count). The van der Waals surface area contributed by atoms with E-state index in [1.165, 1.54) is 24.7 Å². The summed E-state index contributed by atoms with van der Waals surface area (Å²) in [4.78, 5) is 7.58. The average molecular weight is 362 g/mol. The molecule has 0 saturated carbocycles. The lowest BCUT2D eigenvalue weighted by atomic mass is 10.1. The molecule has 0 fully saturated rings. The smallest absolute Gasteiger partial charge is 0.316 e. The second-order valence-electron chi connectivity index (χ2n) is 5.13. The Morgan fingerprint density at radius 3 is 2.69 bits per heavy atom. The molecule has 1 aromatic heterocycles. The number of aromatic nitrogens is 2. The fraction of sp³-hybridized carbons (Fsp3) is 0.188. The second-order valence-corrected chi connectivity index (χ2v) is 5.13. The predicted molar refractivity (Wildman–Crippen MR) is 85.1 cm³/mol. The molecule has 0 aliphatic rings. The molecule has 26 heavy (non-hydrogen) atoms. The lowest BCUT2D eigenvalue weighted by Gasteiger charge is -2.13. The zero-order chi connectivity index (χ0) is 19.2. The van der Waals surface area contributed by atoms with E-state index >= 15 is 0 Å². The number of nitrogens with one attached hydrogen (secondary N) is 2. The first-order valence-electron chi connectivity index (χ1n) is 7.19. The molecule has 134 valence electrons. The Labute approximate surface area is 146 Å². The van der Waals surface area contributed by atoms with Gasteiger partial charge in [-0.1, -0.05) is 0 Å². The van der Waals surface area contributed by atoms with E-state index in [4.69, 9.17) is 15.5 Å². The summed E-state index contributed by atoms with van der Waals surface area (Å²) in [5.41, 5.74) is 6.92. The molecule has 0 aliphatic carbocycles. The van der Waals surface area contributed by atoms with Gasteiger partial charge < -0.3 is 10.1 Å². The third-order valence-corrected chi connectivity index (χ3v) is 3.09. The van der Waals surface area contributed by atoms with Gasteiger partial charge in [0.2, 0.25) is 0 Å². The van der Waals surface area contributed by atoms with Crippen molar-refractivity contribution in [3.63, 3.8) is 0 Å². The van der Waals surface area contributed by atoms with Crippen molar-refractivity contribution in [2.24, 2.45) is 5.11 Å². The molecule has 1 heterocycles. The topological polar surface area (TPSA) is 107 Å². The molecule has 0 bridgehead atoms. The third kappa shape index (κ3) is 5.01. The number of benzene rings is 1. The van der Waals surface area contributed by atoms with E-state index in [2.05, 4.69) is 20.4 Å². The van der Waals surface area contributed by atoms with Gasteiger partial charge in [-0.05, 0) is 18.2 Å². The van der Waals surface area contributed by atoms with Crippen LogP contribution in [0.3, 0.4) is 0 Å². The van der Waals surface area contributed by atoms with Crippen LogP contribution in [-0.4, -0.2) is 16.6 Å². The lowest BCUT2D eigenvalue weighted by Crippen LogP contribution is -2.10. The van der Waals surface area contributed by atoms with Crippen molar-refractivity contribution in [2.75, 3.05) is 11.9 Å². The number of nitrogens with zero attached hydrogens (tertiary/aromatic N) is 4. The molecule has 0 unspecified atom stereocenters. The molecule has 0 atom stereocenters. The van der Waals surface area contributed by atoms with Crippen LogP contribution in [0.5, 0.6) is 6.01 Å². The van der Waals surface area contributed by atoms with E-state index in [1.807, 2.05) is 6.07 Å². The average Bonchev–Trinajstić information content (AvgIpc) is 2.62. The Kier molecular flexibility index (Phi) is 5.85. The van der Waals surface area contributed by atoms with Crippen LogP contribution in [-0.2, 0) is 5.92 Å². The number of alkyl halides is 2. The summed E-state index contributed by atoms with van der Waals surface area (Å²) >= 11 is 0. The van der Waals surface area contributed by atoms with Crippen LogP contribution in [0.1, 0.15) is 18.1 Å². The number of halogens is 3. The summed E-state index contributed by atoms with van der Waals surface area (Å²) in [6.07, 6.45) is 3.79. The van der Waals surface area contributed by atoms with Crippen LogP contribution in [0.4, 0.5) is 18.9 Å². The summed E-state index contributed by atoms with van der Waals surface area (Å²) in [5.74, 6) is -4.34. The van der Waals surface area contributed by atoms with Gasteiger partial charge in [0.1, 0.15) is 24.2 Å². The van der Waals surface area contributed by atoms with Gasteiger partial charge in [0.25, 0.3) is 5.92 Å². The zero-order valence-corrected chi connectivity index (χ0v) is 13.5. The van der Waals surface area contributed by atoms with Crippen molar-refractivity contribution >= 4 is 5.69 Å². The van der Waals surface area contributed by atoms with Gasteiger partial charge in [-0.2, -0.15) is 10.4 Å². The summed E-state index contributed by atoms with van der Waals surface area (Å²) in [6.45, 7) is 0.418. The first-order valence-corrected chi connectivity index (χ1v) is 7.19. The standard InChI is InChI=1S/C16H13F3N6O/c1-16(18,19)13-4-11(2-3-14(13)17)22-8-12(25-21)9-26-15-23-6-10(5-20)7-24-15/h2-4,6-8,21-22H,9H2,1H3/b12-8-,25-21?. The van der Waals surface area contributed by atoms with E-state index in [9.17, 15) is 13.2 Å². The Morgan fingerprint density at radius 1 is 1.42 bits per heavy atom. The van der Waals surface area contributed by atoms with Crippen molar-refractivity contribution in [3.05, 3.63) is 59.4 Å². The van der Waals surface area contributed by atoms with Crippen molar-refractivity contribution in [1.82, 2.24) is 9.97 Å². The Hall–Kier alpha value is -3.48. The van der Waals surface area contributed by atoms with Gasteiger partial charge in [-0.3, -0.25) is 0 Å². The second kappa shape index (κ2) is 8.06. The largest absolute Gasteiger partial charge is 0.457 e. The Bertz CT molecular complexity index is 856. The summed E-state index contributed by atoms with van der Waals surface area (Å²) in [5, 5.41) is 14.5. The minimum atomic E-state index is -3.33. The van der Waals surface area contributed by atoms with Crippen LogP contribution in [0.25, 0.3) is 0 Å². The Balaban J connectivity index is 2.05. The normalized spacial score (nSPS) is 11.6. The molecule has 7 nitrogen and oxygen atoms in total. The van der Waals surface area contributed by atoms with E-state index in [0.717, 1.165) is 12.1 Å². The monoisotopic (exact) mass is 362 g/mol. The quantitative estimate of drug-likeness (QED) is 0.725. The maximum absolute atomic E-state index is 13.5. The molecule has 2 aromatic rings. The molecule has 0 amide bonds. The minimum absolute atomic E-state index is 0.0201. The first-order chi connectivity index (χ1) is 12.3. The van der Waals surface area contributed by atoms with Crippen LogP contribution in [0.15, 0.2) is 47.6 Å². The highest BCUT2D eigenvalue weighted by Gasteiger charge is 2.28. The van der Waals surface area contributed by atoms with Crippen molar-refractivity contribution in [1.29, 1.82) is 10.8 Å². The van der Waals surface area contributed by atoms with Gasteiger partial charge >= 0.3 is 6.01 Å². The SMILES string of the molecule is CC(F)(F)c1cc(N/C=C(/COc2ncc(C#N)cn2)N=N)ccc1F. The van der Waals surface area contributed by atoms with Crippen LogP contribution < -0.4 is 10.1 Å². The van der Waals surface area contributed by atoms with Gasteiger partial charge in [0.05, 0.1) is 23.5 Å². The molecular weight excluding hydrogens is 349 g/mol. The minimum Gasteiger partial charge on any atom is -0.457 e. The van der Waals surface area contributed by atoms with Gasteiger partial charge in [-0.15, -0.1) is 0 Å². The number of hydrogen-bond acceptors (Lipinski definition) is 7. The van der Waals surface area contributed by atoms with Gasteiger partial charge in [0.15, 0.2) is 0 Å². The van der Waals surface area contributed by atoms with E-state index in [-0.39, 0.29) is 29.6 Å². The van der Waals surface area contributed by atoms with Crippen molar-refractivity contribution in [3.8, 4) is 12.1 Å². The maximum Gasteiger partial charge on any atom is 0.316 e. The van der Waals surface area contributed by atoms with Crippen molar-refractivity contribution < 1.29 is 17.9 Å².